The van der Waals surface area contributed by atoms with E-state index in [2.05, 4.69) is 45.3 Å². The molecular formula is C11H9BrClN. The van der Waals surface area contributed by atoms with Gasteiger partial charge in [-0.2, -0.15) is 0 Å². The molecule has 0 radical (unpaired) electrons. The Kier molecular flexibility index (Phi) is 2.66. The fraction of sp³-hybridized carbons (Fsp3) is 0.0909. The van der Waals surface area contributed by atoms with E-state index in [1.165, 1.54) is 10.9 Å². The van der Waals surface area contributed by atoms with Crippen LogP contribution in [0, 0.1) is 0 Å². The largest absolute Gasteiger partial charge is 0.342 e. The minimum absolute atomic E-state index is 0.644. The van der Waals surface area contributed by atoms with Gasteiger partial charge in [-0.15, -0.1) is 0 Å². The van der Waals surface area contributed by atoms with Gasteiger partial charge in [0.2, 0.25) is 0 Å². The van der Waals surface area contributed by atoms with Gasteiger partial charge in [0.1, 0.15) is 0 Å². The monoisotopic (exact) mass is 269 g/mol. The lowest BCUT2D eigenvalue weighted by molar-refractivity contribution is 0.853. The SMILES string of the molecule is C=C(Cl)Cn1ccc2cc(Br)ccc21. The Morgan fingerprint density at radius 1 is 1.43 bits per heavy atom. The van der Waals surface area contributed by atoms with Crippen molar-refractivity contribution in [3.63, 3.8) is 0 Å². The highest BCUT2D eigenvalue weighted by Gasteiger charge is 2.01. The molecule has 2 rings (SSSR count). The topological polar surface area (TPSA) is 4.93 Å². The maximum atomic E-state index is 5.78. The van der Waals surface area contributed by atoms with Crippen molar-refractivity contribution in [1.82, 2.24) is 4.57 Å². The second-order valence-electron chi connectivity index (χ2n) is 3.16. The Bertz CT molecular complexity index is 487. The number of fused-ring (bicyclic) bond motifs is 1. The molecule has 72 valence electrons. The van der Waals surface area contributed by atoms with Gasteiger partial charge in [-0.1, -0.05) is 34.1 Å². The highest BCUT2D eigenvalue weighted by atomic mass is 79.9. The predicted octanol–water partition coefficient (Wildman–Crippen LogP) is 4.16. The van der Waals surface area contributed by atoms with Gasteiger partial charge in [0.25, 0.3) is 0 Å². The van der Waals surface area contributed by atoms with E-state index < -0.39 is 0 Å². The summed E-state index contributed by atoms with van der Waals surface area (Å²) in [6, 6.07) is 8.25. The molecule has 14 heavy (non-hydrogen) atoms. The average Bonchev–Trinajstić information content (AvgIpc) is 2.47. The highest BCUT2D eigenvalue weighted by molar-refractivity contribution is 9.10. The Labute approximate surface area is 96.1 Å². The molecule has 0 unspecified atom stereocenters. The van der Waals surface area contributed by atoms with Crippen LogP contribution in [0.1, 0.15) is 0 Å². The molecule has 1 heterocycles. The first-order valence-electron chi connectivity index (χ1n) is 4.24. The molecule has 3 heteroatoms. The van der Waals surface area contributed by atoms with Crippen molar-refractivity contribution < 1.29 is 0 Å². The summed E-state index contributed by atoms with van der Waals surface area (Å²) in [6.07, 6.45) is 2.02. The third-order valence-corrected chi connectivity index (χ3v) is 2.69. The molecule has 0 amide bonds. The van der Waals surface area contributed by atoms with Crippen LogP contribution >= 0.6 is 27.5 Å². The molecule has 1 aromatic heterocycles. The first-order valence-corrected chi connectivity index (χ1v) is 5.41. The van der Waals surface area contributed by atoms with Crippen molar-refractivity contribution in [2.75, 3.05) is 0 Å². The fourth-order valence-electron chi connectivity index (χ4n) is 1.49. The third-order valence-electron chi connectivity index (χ3n) is 2.07. The summed E-state index contributed by atoms with van der Waals surface area (Å²) in [5, 5.41) is 1.85. The van der Waals surface area contributed by atoms with Gasteiger partial charge >= 0.3 is 0 Å². The van der Waals surface area contributed by atoms with E-state index in [1.54, 1.807) is 0 Å². The lowest BCUT2D eigenvalue weighted by Gasteiger charge is -2.03. The maximum absolute atomic E-state index is 5.78. The number of halogens is 2. The van der Waals surface area contributed by atoms with Crippen molar-refractivity contribution in [3.8, 4) is 0 Å². The lowest BCUT2D eigenvalue weighted by Crippen LogP contribution is -1.94. The van der Waals surface area contributed by atoms with E-state index >= 15 is 0 Å². The summed E-state index contributed by atoms with van der Waals surface area (Å²) in [5.74, 6) is 0. The van der Waals surface area contributed by atoms with E-state index in [9.17, 15) is 0 Å². The van der Waals surface area contributed by atoms with Crippen LogP contribution in [0.15, 0.2) is 46.5 Å². The number of rotatable bonds is 2. The lowest BCUT2D eigenvalue weighted by atomic mass is 10.2. The van der Waals surface area contributed by atoms with Crippen LogP contribution in [-0.4, -0.2) is 4.57 Å². The molecule has 0 aliphatic rings. The van der Waals surface area contributed by atoms with Crippen LogP contribution < -0.4 is 0 Å². The number of nitrogens with zero attached hydrogens (tertiary/aromatic N) is 1. The molecule has 0 N–H and O–H groups in total. The van der Waals surface area contributed by atoms with Gasteiger partial charge in [0.15, 0.2) is 0 Å². The molecule has 0 saturated carbocycles. The molecule has 2 aromatic rings. The van der Waals surface area contributed by atoms with Gasteiger partial charge in [0, 0.05) is 26.6 Å². The second-order valence-corrected chi connectivity index (χ2v) is 4.61. The zero-order valence-corrected chi connectivity index (χ0v) is 9.85. The molecule has 0 aliphatic carbocycles. The van der Waals surface area contributed by atoms with E-state index in [4.69, 9.17) is 11.6 Å². The van der Waals surface area contributed by atoms with Crippen LogP contribution in [0.5, 0.6) is 0 Å². The van der Waals surface area contributed by atoms with Crippen molar-refractivity contribution in [1.29, 1.82) is 0 Å². The van der Waals surface area contributed by atoms with Crippen LogP contribution in [0.4, 0.5) is 0 Å². The van der Waals surface area contributed by atoms with Crippen LogP contribution in [0.2, 0.25) is 0 Å². The average molecular weight is 271 g/mol. The molecule has 0 fully saturated rings. The Morgan fingerprint density at radius 3 is 2.93 bits per heavy atom. The number of benzene rings is 1. The molecular weight excluding hydrogens is 261 g/mol. The quantitative estimate of drug-likeness (QED) is 0.772. The molecule has 0 atom stereocenters. The smallest absolute Gasteiger partial charge is 0.0577 e. The van der Waals surface area contributed by atoms with Crippen LogP contribution in [0.25, 0.3) is 10.9 Å². The molecule has 0 spiro atoms. The van der Waals surface area contributed by atoms with Crippen molar-refractivity contribution in [2.24, 2.45) is 0 Å². The molecule has 1 aromatic carbocycles. The number of hydrogen-bond donors (Lipinski definition) is 0. The zero-order valence-electron chi connectivity index (χ0n) is 7.50. The summed E-state index contributed by atoms with van der Waals surface area (Å²) in [6.45, 7) is 4.35. The first kappa shape index (κ1) is 9.81. The van der Waals surface area contributed by atoms with Gasteiger partial charge in [0.05, 0.1) is 6.54 Å². The van der Waals surface area contributed by atoms with E-state index in [-0.39, 0.29) is 0 Å². The normalized spacial score (nSPS) is 10.7. The zero-order chi connectivity index (χ0) is 10.1. The van der Waals surface area contributed by atoms with Crippen LogP contribution in [0.3, 0.4) is 0 Å². The maximum Gasteiger partial charge on any atom is 0.0577 e. The second kappa shape index (κ2) is 3.79. The molecule has 1 nitrogen and oxygen atoms in total. The number of allylic oxidation sites excluding steroid dienone is 1. The summed E-state index contributed by atoms with van der Waals surface area (Å²) >= 11 is 9.22. The van der Waals surface area contributed by atoms with E-state index in [0.717, 1.165) is 4.47 Å². The first-order chi connectivity index (χ1) is 6.66. The van der Waals surface area contributed by atoms with E-state index in [1.807, 2.05) is 12.3 Å². The fourth-order valence-corrected chi connectivity index (χ4v) is 2.00. The summed E-state index contributed by atoms with van der Waals surface area (Å²) in [5.41, 5.74) is 1.18. The highest BCUT2D eigenvalue weighted by Crippen LogP contribution is 2.21. The van der Waals surface area contributed by atoms with Gasteiger partial charge in [-0.25, -0.2) is 0 Å². The number of hydrogen-bond acceptors (Lipinski definition) is 0. The Balaban J connectivity index is 2.52. The molecule has 0 aliphatic heterocycles. The minimum atomic E-state index is 0.644. The third kappa shape index (κ3) is 1.86. The van der Waals surface area contributed by atoms with Crippen molar-refractivity contribution in [2.45, 2.75) is 6.54 Å². The molecule has 0 bridgehead atoms. The van der Waals surface area contributed by atoms with Gasteiger partial charge in [-0.3, -0.25) is 0 Å². The summed E-state index contributed by atoms with van der Waals surface area (Å²) in [4.78, 5) is 0. The van der Waals surface area contributed by atoms with Crippen molar-refractivity contribution >= 4 is 38.4 Å². The van der Waals surface area contributed by atoms with Crippen molar-refractivity contribution in [3.05, 3.63) is 46.5 Å². The van der Waals surface area contributed by atoms with Gasteiger partial charge in [-0.05, 0) is 24.3 Å². The summed E-state index contributed by atoms with van der Waals surface area (Å²) in [7, 11) is 0. The number of aromatic nitrogens is 1. The standard InChI is InChI=1S/C11H9BrClN/c1-8(13)7-14-5-4-9-6-10(12)2-3-11(9)14/h2-6H,1,7H2. The van der Waals surface area contributed by atoms with E-state index in [0.29, 0.717) is 11.6 Å². The Hall–Kier alpha value is -0.730. The predicted molar refractivity (Wildman–Crippen MR) is 64.6 cm³/mol. The minimum Gasteiger partial charge on any atom is -0.342 e. The summed E-state index contributed by atoms with van der Waals surface area (Å²) < 4.78 is 3.17. The van der Waals surface area contributed by atoms with Gasteiger partial charge < -0.3 is 4.57 Å². The van der Waals surface area contributed by atoms with Crippen LogP contribution in [-0.2, 0) is 6.54 Å². The Morgan fingerprint density at radius 2 is 2.21 bits per heavy atom. The molecule has 0 saturated heterocycles.